The molecule has 3 aromatic rings. The van der Waals surface area contributed by atoms with Crippen molar-refractivity contribution in [2.24, 2.45) is 5.10 Å². The molecule has 0 spiro atoms. The lowest BCUT2D eigenvalue weighted by Crippen LogP contribution is -1.99. The van der Waals surface area contributed by atoms with E-state index >= 15 is 0 Å². The van der Waals surface area contributed by atoms with E-state index in [-0.39, 0.29) is 0 Å². The second-order valence-electron chi connectivity index (χ2n) is 6.28. The van der Waals surface area contributed by atoms with Crippen molar-refractivity contribution in [2.45, 2.75) is 13.5 Å². The molecule has 0 saturated heterocycles. The lowest BCUT2D eigenvalue weighted by atomic mass is 10.1. The molecular weight excluding hydrogens is 352 g/mol. The molecule has 0 atom stereocenters. The van der Waals surface area contributed by atoms with Crippen LogP contribution in [0.15, 0.2) is 71.8 Å². The van der Waals surface area contributed by atoms with Crippen LogP contribution >= 0.6 is 0 Å². The summed E-state index contributed by atoms with van der Waals surface area (Å²) in [5.74, 6) is 2.17. The maximum atomic E-state index is 5.96. The second kappa shape index (κ2) is 9.46. The summed E-state index contributed by atoms with van der Waals surface area (Å²) in [5.41, 5.74) is 7.11. The molecule has 0 bridgehead atoms. The number of aryl methyl sites for hydroxylation is 1. The Balaban J connectivity index is 1.66. The highest BCUT2D eigenvalue weighted by atomic mass is 16.5. The van der Waals surface area contributed by atoms with Crippen LogP contribution in [-0.4, -0.2) is 20.4 Å². The number of nitrogens with one attached hydrogen (secondary N) is 1. The van der Waals surface area contributed by atoms with Gasteiger partial charge in [-0.25, -0.2) is 0 Å². The van der Waals surface area contributed by atoms with Gasteiger partial charge in [-0.3, -0.25) is 5.43 Å². The average molecular weight is 376 g/mol. The van der Waals surface area contributed by atoms with Crippen LogP contribution in [0.4, 0.5) is 5.69 Å². The largest absolute Gasteiger partial charge is 0.497 e. The predicted molar refractivity (Wildman–Crippen MR) is 113 cm³/mol. The van der Waals surface area contributed by atoms with E-state index in [1.54, 1.807) is 20.4 Å². The number of hydrogen-bond acceptors (Lipinski definition) is 5. The first-order valence-corrected chi connectivity index (χ1v) is 8.97. The van der Waals surface area contributed by atoms with Gasteiger partial charge >= 0.3 is 0 Å². The maximum Gasteiger partial charge on any atom is 0.162 e. The first-order valence-electron chi connectivity index (χ1n) is 8.97. The lowest BCUT2D eigenvalue weighted by Gasteiger charge is -2.11. The minimum Gasteiger partial charge on any atom is -0.497 e. The van der Waals surface area contributed by atoms with E-state index in [0.717, 1.165) is 22.6 Å². The normalized spacial score (nSPS) is 10.7. The third kappa shape index (κ3) is 5.27. The Morgan fingerprint density at radius 2 is 1.61 bits per heavy atom. The summed E-state index contributed by atoms with van der Waals surface area (Å²) >= 11 is 0. The van der Waals surface area contributed by atoms with Gasteiger partial charge in [0.1, 0.15) is 12.4 Å². The van der Waals surface area contributed by atoms with Gasteiger partial charge < -0.3 is 14.2 Å². The van der Waals surface area contributed by atoms with Crippen molar-refractivity contribution in [3.63, 3.8) is 0 Å². The van der Waals surface area contributed by atoms with Gasteiger partial charge in [-0.05, 0) is 60.5 Å². The molecule has 0 amide bonds. The number of benzene rings is 3. The molecule has 5 heteroatoms. The lowest BCUT2D eigenvalue weighted by molar-refractivity contribution is 0.284. The molecule has 3 rings (SSSR count). The molecule has 144 valence electrons. The highest BCUT2D eigenvalue weighted by Crippen LogP contribution is 2.28. The Kier molecular flexibility index (Phi) is 6.52. The maximum absolute atomic E-state index is 5.96. The smallest absolute Gasteiger partial charge is 0.162 e. The predicted octanol–water partition coefficient (Wildman–Crippen LogP) is 5.04. The number of methoxy groups -OCH3 is 2. The highest BCUT2D eigenvalue weighted by Gasteiger charge is 2.06. The fourth-order valence-corrected chi connectivity index (χ4v) is 2.58. The number of hydrazone groups is 1. The zero-order valence-corrected chi connectivity index (χ0v) is 16.3. The molecule has 0 saturated carbocycles. The Labute approximate surface area is 165 Å². The monoisotopic (exact) mass is 376 g/mol. The molecule has 3 aromatic carbocycles. The number of hydrogen-bond donors (Lipinski definition) is 1. The number of ether oxygens (including phenoxy) is 3. The van der Waals surface area contributed by atoms with Gasteiger partial charge in [0.25, 0.3) is 0 Å². The summed E-state index contributed by atoms with van der Waals surface area (Å²) in [4.78, 5) is 0. The molecule has 0 heterocycles. The third-order valence-corrected chi connectivity index (χ3v) is 4.20. The Bertz CT molecular complexity index is 920. The van der Waals surface area contributed by atoms with E-state index < -0.39 is 0 Å². The fourth-order valence-electron chi connectivity index (χ4n) is 2.58. The molecule has 0 aliphatic carbocycles. The summed E-state index contributed by atoms with van der Waals surface area (Å²) < 4.78 is 16.5. The van der Waals surface area contributed by atoms with Gasteiger partial charge in [0.15, 0.2) is 11.5 Å². The standard InChI is InChI=1S/C23H24N2O3/c1-17-4-6-18(7-5-17)16-28-23-14-19(8-13-22(23)27-3)15-24-25-20-9-11-21(26-2)12-10-20/h4-15,25H,16H2,1-3H3/b24-15+. The van der Waals surface area contributed by atoms with Crippen molar-refractivity contribution < 1.29 is 14.2 Å². The molecular formula is C23H24N2O3. The first kappa shape index (κ1) is 19.3. The van der Waals surface area contributed by atoms with Crippen molar-refractivity contribution in [3.05, 3.63) is 83.4 Å². The van der Waals surface area contributed by atoms with Gasteiger partial charge in [-0.2, -0.15) is 5.10 Å². The van der Waals surface area contributed by atoms with Crippen LogP contribution in [0, 0.1) is 6.92 Å². The molecule has 28 heavy (non-hydrogen) atoms. The van der Waals surface area contributed by atoms with Gasteiger partial charge in [-0.1, -0.05) is 29.8 Å². The van der Waals surface area contributed by atoms with E-state index in [1.807, 2.05) is 42.5 Å². The zero-order valence-electron chi connectivity index (χ0n) is 16.3. The van der Waals surface area contributed by atoms with Gasteiger partial charge in [0.05, 0.1) is 26.1 Å². The van der Waals surface area contributed by atoms with Crippen LogP contribution in [-0.2, 0) is 6.61 Å². The van der Waals surface area contributed by atoms with Crippen LogP contribution in [0.2, 0.25) is 0 Å². The number of anilines is 1. The van der Waals surface area contributed by atoms with Crippen LogP contribution in [0.5, 0.6) is 17.2 Å². The quantitative estimate of drug-likeness (QED) is 0.442. The highest BCUT2D eigenvalue weighted by molar-refractivity contribution is 5.81. The molecule has 0 fully saturated rings. The minimum atomic E-state index is 0.474. The van der Waals surface area contributed by atoms with Gasteiger partial charge in [0, 0.05) is 0 Å². The molecule has 0 unspecified atom stereocenters. The molecule has 0 aromatic heterocycles. The minimum absolute atomic E-state index is 0.474. The molecule has 0 radical (unpaired) electrons. The summed E-state index contributed by atoms with van der Waals surface area (Å²) in [6, 6.07) is 21.5. The van der Waals surface area contributed by atoms with Crippen molar-refractivity contribution in [3.8, 4) is 17.2 Å². The van der Waals surface area contributed by atoms with E-state index in [1.165, 1.54) is 5.56 Å². The van der Waals surface area contributed by atoms with Crippen molar-refractivity contribution in [1.29, 1.82) is 0 Å². The second-order valence-corrected chi connectivity index (χ2v) is 6.28. The van der Waals surface area contributed by atoms with Crippen molar-refractivity contribution in [1.82, 2.24) is 0 Å². The first-order chi connectivity index (χ1) is 13.7. The summed E-state index contributed by atoms with van der Waals surface area (Å²) in [5, 5.41) is 4.28. The molecule has 0 aliphatic rings. The molecule has 0 aliphatic heterocycles. The Morgan fingerprint density at radius 3 is 2.29 bits per heavy atom. The summed E-state index contributed by atoms with van der Waals surface area (Å²) in [6.45, 7) is 2.54. The molecule has 5 nitrogen and oxygen atoms in total. The van der Waals surface area contributed by atoms with E-state index in [0.29, 0.717) is 18.1 Å². The van der Waals surface area contributed by atoms with E-state index in [2.05, 4.69) is 41.7 Å². The van der Waals surface area contributed by atoms with Crippen LogP contribution < -0.4 is 19.6 Å². The topological polar surface area (TPSA) is 52.1 Å². The third-order valence-electron chi connectivity index (χ3n) is 4.20. The van der Waals surface area contributed by atoms with Gasteiger partial charge in [0.2, 0.25) is 0 Å². The Hall–Kier alpha value is -3.47. The zero-order chi connectivity index (χ0) is 19.8. The van der Waals surface area contributed by atoms with Crippen LogP contribution in [0.1, 0.15) is 16.7 Å². The van der Waals surface area contributed by atoms with Crippen LogP contribution in [0.3, 0.4) is 0 Å². The molecule has 1 N–H and O–H groups in total. The summed E-state index contributed by atoms with van der Waals surface area (Å²) in [6.07, 6.45) is 1.74. The van der Waals surface area contributed by atoms with Gasteiger partial charge in [-0.15, -0.1) is 0 Å². The fraction of sp³-hybridized carbons (Fsp3) is 0.174. The summed E-state index contributed by atoms with van der Waals surface area (Å²) in [7, 11) is 3.27. The number of nitrogens with zero attached hydrogens (tertiary/aromatic N) is 1. The van der Waals surface area contributed by atoms with Crippen molar-refractivity contribution >= 4 is 11.9 Å². The average Bonchev–Trinajstić information content (AvgIpc) is 2.74. The Morgan fingerprint density at radius 1 is 0.857 bits per heavy atom. The number of rotatable bonds is 8. The van der Waals surface area contributed by atoms with E-state index in [9.17, 15) is 0 Å². The SMILES string of the molecule is COc1ccc(N/N=C/c2ccc(OC)c(OCc3ccc(C)cc3)c2)cc1. The van der Waals surface area contributed by atoms with Crippen molar-refractivity contribution in [2.75, 3.05) is 19.6 Å². The van der Waals surface area contributed by atoms with Crippen LogP contribution in [0.25, 0.3) is 0 Å². The van der Waals surface area contributed by atoms with E-state index in [4.69, 9.17) is 14.2 Å².